The molecule has 5 aromatic rings. The Morgan fingerprint density at radius 2 is 1.15 bits per heavy atom. The molecule has 0 unspecified atom stereocenters. The number of nitrogens with zero attached hydrogens (tertiary/aromatic N) is 4. The Labute approximate surface area is 378 Å². The van der Waals surface area contributed by atoms with Crippen molar-refractivity contribution < 1.29 is 52.8 Å². The lowest BCUT2D eigenvalue weighted by Crippen LogP contribution is -2.27. The lowest BCUT2D eigenvalue weighted by atomic mass is 9.84. The van der Waals surface area contributed by atoms with Gasteiger partial charge in [0.25, 0.3) is 5.91 Å². The van der Waals surface area contributed by atoms with Gasteiger partial charge < -0.3 is 34.1 Å². The number of aromatic nitrogens is 4. The highest BCUT2D eigenvalue weighted by atomic mass is 16.6. The van der Waals surface area contributed by atoms with Crippen molar-refractivity contribution in [1.29, 1.82) is 0 Å². The number of hydrogen-bond acceptors (Lipinski definition) is 14. The Kier molecular flexibility index (Phi) is 18.0. The molecule has 0 fully saturated rings. The highest BCUT2D eigenvalue weighted by molar-refractivity contribution is 6.05. The van der Waals surface area contributed by atoms with E-state index in [0.717, 1.165) is 28.6 Å². The molecule has 0 saturated carbocycles. The first-order chi connectivity index (χ1) is 30.3. The van der Waals surface area contributed by atoms with E-state index in [1.807, 2.05) is 31.2 Å². The van der Waals surface area contributed by atoms with Crippen LogP contribution in [-0.2, 0) is 19.6 Å². The van der Waals surface area contributed by atoms with E-state index in [2.05, 4.69) is 61.4 Å². The minimum absolute atomic E-state index is 0.0553. The molecule has 65 heavy (non-hydrogen) atoms. The van der Waals surface area contributed by atoms with Gasteiger partial charge in [-0.25, -0.2) is 34.1 Å². The number of nitrogens with one attached hydrogen (secondary N) is 3. The molecule has 18 nitrogen and oxygen atoms in total. The number of hydrogen-bond donors (Lipinski definition) is 4. The van der Waals surface area contributed by atoms with E-state index in [0.29, 0.717) is 28.4 Å². The van der Waals surface area contributed by atoms with Gasteiger partial charge in [-0.2, -0.15) is 0 Å². The third-order valence-electron chi connectivity index (χ3n) is 8.25. The van der Waals surface area contributed by atoms with E-state index in [1.54, 1.807) is 80.2 Å². The number of methoxy groups -OCH3 is 3. The van der Waals surface area contributed by atoms with Crippen LogP contribution < -0.4 is 25.4 Å². The number of aromatic carboxylic acids is 1. The molecule has 0 aliphatic rings. The Hall–Kier alpha value is -7.63. The molecule has 18 heteroatoms. The highest BCUT2D eigenvalue weighted by Gasteiger charge is 2.25. The van der Waals surface area contributed by atoms with Crippen LogP contribution in [-0.4, -0.2) is 87.6 Å². The molecule has 0 saturated heterocycles. The van der Waals surface area contributed by atoms with Crippen molar-refractivity contribution >= 4 is 47.4 Å². The van der Waals surface area contributed by atoms with Crippen LogP contribution >= 0.6 is 0 Å². The first kappa shape index (κ1) is 51.7. The number of esters is 1. The molecule has 0 aliphatic carbocycles. The molecule has 0 spiro atoms. The van der Waals surface area contributed by atoms with Gasteiger partial charge in [-0.1, -0.05) is 20.8 Å². The van der Waals surface area contributed by atoms with Gasteiger partial charge in [0, 0.05) is 41.6 Å². The van der Waals surface area contributed by atoms with Crippen molar-refractivity contribution in [2.75, 3.05) is 37.3 Å². The van der Waals surface area contributed by atoms with Gasteiger partial charge in [-0.05, 0) is 120 Å². The van der Waals surface area contributed by atoms with Crippen LogP contribution in [0.3, 0.4) is 0 Å². The Morgan fingerprint density at radius 1 is 0.615 bits per heavy atom. The second-order valence-electron chi connectivity index (χ2n) is 17.0. The summed E-state index contributed by atoms with van der Waals surface area (Å²) in [4.78, 5) is 74.2. The molecular formula is C47H57N7O11. The lowest BCUT2D eigenvalue weighted by Gasteiger charge is -2.25. The molecule has 0 radical (unpaired) electrons. The second kappa shape index (κ2) is 22.6. The third kappa shape index (κ3) is 16.9. The van der Waals surface area contributed by atoms with Crippen LogP contribution in [0.15, 0.2) is 85.5 Å². The zero-order chi connectivity index (χ0) is 48.7. The predicted molar refractivity (Wildman–Crippen MR) is 245 cm³/mol. The summed E-state index contributed by atoms with van der Waals surface area (Å²) in [6, 6.07) is 16.9. The maximum atomic E-state index is 13.2. The fraction of sp³-hybridized carbons (Fsp3) is 0.340. The first-order valence-electron chi connectivity index (χ1n) is 20.0. The molecule has 3 amide bonds. The van der Waals surface area contributed by atoms with Gasteiger partial charge >= 0.3 is 24.1 Å². The zero-order valence-electron chi connectivity index (χ0n) is 38.9. The molecule has 4 N–H and O–H groups in total. The Bertz CT molecular complexity index is 2420. The summed E-state index contributed by atoms with van der Waals surface area (Å²) in [7, 11) is 4.49. The number of carboxylic acids is 1. The predicted octanol–water partition coefficient (Wildman–Crippen LogP) is 9.36. The van der Waals surface area contributed by atoms with Gasteiger partial charge in [0.05, 0.1) is 43.7 Å². The summed E-state index contributed by atoms with van der Waals surface area (Å²) in [5, 5.41) is 16.6. The van der Waals surface area contributed by atoms with Crippen molar-refractivity contribution in [3.63, 3.8) is 0 Å². The minimum Gasteiger partial charge on any atom is -0.494 e. The van der Waals surface area contributed by atoms with Gasteiger partial charge in [-0.3, -0.25) is 20.4 Å². The van der Waals surface area contributed by atoms with E-state index in [1.165, 1.54) is 37.7 Å². The number of rotatable bonds is 9. The van der Waals surface area contributed by atoms with Crippen LogP contribution in [0.2, 0.25) is 0 Å². The number of aryl methyl sites for hydroxylation is 1. The Balaban J connectivity index is 0.000000327. The van der Waals surface area contributed by atoms with Gasteiger partial charge in [0.15, 0.2) is 0 Å². The molecule has 0 bridgehead atoms. The quantitative estimate of drug-likeness (QED) is 0.0796. The average molecular weight is 896 g/mol. The third-order valence-corrected chi connectivity index (χ3v) is 8.25. The molecule has 4 heterocycles. The van der Waals surface area contributed by atoms with Crippen molar-refractivity contribution in [2.45, 2.75) is 85.9 Å². The maximum Gasteiger partial charge on any atom is 0.413 e. The number of anilines is 3. The van der Waals surface area contributed by atoms with E-state index >= 15 is 0 Å². The highest BCUT2D eigenvalue weighted by Crippen LogP contribution is 2.42. The topological polar surface area (TPSA) is 239 Å². The minimum atomic E-state index is -1.07. The summed E-state index contributed by atoms with van der Waals surface area (Å²) in [5.74, 6) is -0.261. The molecule has 5 rings (SSSR count). The first-order valence-corrected chi connectivity index (χ1v) is 20.0. The van der Waals surface area contributed by atoms with Crippen LogP contribution in [0.25, 0.3) is 11.1 Å². The standard InChI is InChI=1S/C28H34N4O5.C11H14N2O4.C8H9NO2/c1-27(2,3)20-14-18(19-10-9-13-29-25(19)36-8)15-21(23(20)35-7)31-24(33)17-11-12-22(30-16-17)32-26(34)37-28(4,5)6;1-11(2,3)17-10(16)13-8-5-4-7(6-12-8)9(14)15;1-6-3-4-7(5-9-6)8(10)11-2/h9-16H,1-8H3,(H,31,33)(H,30,32,34);4-6H,1-3H3,(H,14,15)(H,12,13,16);3-5H,1-2H3. The number of amides is 3. The van der Waals surface area contributed by atoms with Crippen LogP contribution in [0, 0.1) is 6.92 Å². The summed E-state index contributed by atoms with van der Waals surface area (Å²) >= 11 is 0. The summed E-state index contributed by atoms with van der Waals surface area (Å²) in [5.41, 5.74) is 3.23. The fourth-order valence-electron chi connectivity index (χ4n) is 5.34. The second-order valence-corrected chi connectivity index (χ2v) is 17.0. The molecular weight excluding hydrogens is 839 g/mol. The number of benzene rings is 1. The molecule has 0 atom stereocenters. The number of carbonyl (C=O) groups excluding carboxylic acids is 4. The number of carbonyl (C=O) groups is 5. The van der Waals surface area contributed by atoms with E-state index in [9.17, 15) is 24.0 Å². The van der Waals surface area contributed by atoms with Crippen molar-refractivity contribution in [1.82, 2.24) is 19.9 Å². The number of carboxylic acid groups (broad SMARTS) is 1. The van der Waals surface area contributed by atoms with Crippen molar-refractivity contribution in [2.24, 2.45) is 0 Å². The molecule has 346 valence electrons. The number of pyridine rings is 4. The smallest absolute Gasteiger partial charge is 0.413 e. The average Bonchev–Trinajstić information content (AvgIpc) is 3.22. The van der Waals surface area contributed by atoms with E-state index in [4.69, 9.17) is 24.1 Å². The van der Waals surface area contributed by atoms with Gasteiger partial charge in [-0.15, -0.1) is 0 Å². The SMILES string of the molecule is CC(C)(C)OC(=O)Nc1ccc(C(=O)O)cn1.COC(=O)c1ccc(C)nc1.COc1ncccc1-c1cc(NC(=O)c2ccc(NC(=O)OC(C)(C)C)nc2)c(OC)c(C(C)(C)C)c1. The van der Waals surface area contributed by atoms with Gasteiger partial charge in [0.2, 0.25) is 5.88 Å². The van der Waals surface area contributed by atoms with E-state index < -0.39 is 29.4 Å². The Morgan fingerprint density at radius 3 is 1.58 bits per heavy atom. The van der Waals surface area contributed by atoms with Crippen LogP contribution in [0.5, 0.6) is 11.6 Å². The fourth-order valence-corrected chi connectivity index (χ4v) is 5.34. The maximum absolute atomic E-state index is 13.2. The largest absolute Gasteiger partial charge is 0.494 e. The van der Waals surface area contributed by atoms with Crippen molar-refractivity contribution in [3.05, 3.63) is 113 Å². The van der Waals surface area contributed by atoms with E-state index in [-0.39, 0.29) is 34.5 Å². The summed E-state index contributed by atoms with van der Waals surface area (Å²) in [6.07, 6.45) is 4.45. The van der Waals surface area contributed by atoms with Crippen LogP contribution in [0.4, 0.5) is 26.9 Å². The van der Waals surface area contributed by atoms with Crippen molar-refractivity contribution in [3.8, 4) is 22.8 Å². The number of ether oxygens (including phenoxy) is 5. The monoisotopic (exact) mass is 895 g/mol. The molecule has 0 aliphatic heterocycles. The summed E-state index contributed by atoms with van der Waals surface area (Å²) < 4.78 is 26.0. The zero-order valence-corrected chi connectivity index (χ0v) is 38.9. The molecule has 4 aromatic heterocycles. The van der Waals surface area contributed by atoms with Crippen LogP contribution in [0.1, 0.15) is 105 Å². The summed E-state index contributed by atoms with van der Waals surface area (Å²) in [6.45, 7) is 18.6. The molecule has 1 aromatic carbocycles. The normalized spacial score (nSPS) is 10.9. The van der Waals surface area contributed by atoms with Gasteiger partial charge in [0.1, 0.15) is 28.6 Å². The lowest BCUT2D eigenvalue weighted by molar-refractivity contribution is 0.0596.